The highest BCUT2D eigenvalue weighted by Gasteiger charge is 2.32. The van der Waals surface area contributed by atoms with Gasteiger partial charge in [0.15, 0.2) is 0 Å². The maximum Gasteiger partial charge on any atom is 0.234 e. The molecule has 1 heterocycles. The Hall–Kier alpha value is -2.19. The monoisotopic (exact) mass is 274 g/mol. The highest BCUT2D eigenvalue weighted by molar-refractivity contribution is 6.16. The summed E-state index contributed by atoms with van der Waals surface area (Å²) in [5.41, 5.74) is 5.70. The summed E-state index contributed by atoms with van der Waals surface area (Å²) in [7, 11) is 0. The van der Waals surface area contributed by atoms with E-state index in [1.807, 2.05) is 6.92 Å². The first-order valence-corrected chi connectivity index (χ1v) is 6.37. The minimum Gasteiger partial charge on any atom is -0.320 e. The molecule has 20 heavy (non-hydrogen) atoms. The zero-order valence-corrected chi connectivity index (χ0v) is 11.1. The van der Waals surface area contributed by atoms with E-state index in [2.05, 4.69) is 11.8 Å². The van der Waals surface area contributed by atoms with Gasteiger partial charge in [-0.15, -0.1) is 0 Å². The SMILES string of the molecule is CC1CC(=O)N(c2ccc(C#CCN)cc2F)C(=O)C1. The van der Waals surface area contributed by atoms with E-state index in [0.29, 0.717) is 5.56 Å². The molecule has 0 saturated carbocycles. The Morgan fingerprint density at radius 2 is 2.00 bits per heavy atom. The summed E-state index contributed by atoms with van der Waals surface area (Å²) in [4.78, 5) is 24.8. The van der Waals surface area contributed by atoms with Crippen LogP contribution in [-0.4, -0.2) is 18.4 Å². The number of nitrogens with zero attached hydrogens (tertiary/aromatic N) is 1. The second kappa shape index (κ2) is 5.85. The van der Waals surface area contributed by atoms with Crippen molar-refractivity contribution < 1.29 is 14.0 Å². The van der Waals surface area contributed by atoms with Crippen molar-refractivity contribution in [2.24, 2.45) is 11.7 Å². The third-order valence-electron chi connectivity index (χ3n) is 3.07. The molecule has 1 fully saturated rings. The Morgan fingerprint density at radius 3 is 2.55 bits per heavy atom. The molecule has 1 aromatic rings. The quantitative estimate of drug-likeness (QED) is 0.622. The van der Waals surface area contributed by atoms with E-state index in [0.717, 1.165) is 4.90 Å². The number of piperidine rings is 1. The number of amides is 2. The third kappa shape index (κ3) is 2.86. The number of nitrogens with two attached hydrogens (primary N) is 1. The van der Waals surface area contributed by atoms with E-state index >= 15 is 0 Å². The average Bonchev–Trinajstić information content (AvgIpc) is 2.37. The number of benzene rings is 1. The first kappa shape index (κ1) is 14.2. The standard InChI is InChI=1S/C15H15FN2O2/c1-10-7-14(19)18(15(20)8-10)13-5-4-11(3-2-6-17)9-12(13)16/h4-5,9-10H,6-8,17H2,1H3. The molecule has 1 aliphatic rings. The molecule has 0 unspecified atom stereocenters. The molecule has 2 N–H and O–H groups in total. The number of rotatable bonds is 1. The highest BCUT2D eigenvalue weighted by atomic mass is 19.1. The summed E-state index contributed by atoms with van der Waals surface area (Å²) >= 11 is 0. The van der Waals surface area contributed by atoms with Crippen LogP contribution in [0.1, 0.15) is 25.3 Å². The number of halogens is 1. The van der Waals surface area contributed by atoms with Crippen LogP contribution in [-0.2, 0) is 9.59 Å². The van der Waals surface area contributed by atoms with Crippen molar-refractivity contribution in [3.05, 3.63) is 29.6 Å². The molecule has 0 spiro atoms. The molecule has 0 atom stereocenters. The fourth-order valence-electron chi connectivity index (χ4n) is 2.18. The van der Waals surface area contributed by atoms with Crippen LogP contribution in [0.15, 0.2) is 18.2 Å². The zero-order valence-electron chi connectivity index (χ0n) is 11.1. The summed E-state index contributed by atoms with van der Waals surface area (Å²) in [5.74, 6) is 3.95. The Labute approximate surface area is 116 Å². The molecular weight excluding hydrogens is 259 g/mol. The van der Waals surface area contributed by atoms with Crippen molar-refractivity contribution >= 4 is 17.5 Å². The summed E-state index contributed by atoms with van der Waals surface area (Å²) < 4.78 is 14.1. The van der Waals surface area contributed by atoms with E-state index in [1.165, 1.54) is 12.1 Å². The molecular formula is C15H15FN2O2. The van der Waals surface area contributed by atoms with Crippen molar-refractivity contribution in [2.45, 2.75) is 19.8 Å². The second-order valence-electron chi connectivity index (χ2n) is 4.81. The van der Waals surface area contributed by atoms with Crippen LogP contribution >= 0.6 is 0 Å². The number of carbonyl (C=O) groups excluding carboxylic acids is 2. The van der Waals surface area contributed by atoms with Gasteiger partial charge in [0.05, 0.1) is 12.2 Å². The van der Waals surface area contributed by atoms with Crippen molar-refractivity contribution in [3.8, 4) is 11.8 Å². The Bertz CT molecular complexity index is 598. The number of carbonyl (C=O) groups is 2. The first-order valence-electron chi connectivity index (χ1n) is 6.37. The zero-order chi connectivity index (χ0) is 14.7. The van der Waals surface area contributed by atoms with Gasteiger partial charge in [-0.1, -0.05) is 18.8 Å². The van der Waals surface area contributed by atoms with Gasteiger partial charge in [-0.25, -0.2) is 9.29 Å². The topological polar surface area (TPSA) is 63.4 Å². The van der Waals surface area contributed by atoms with Crippen LogP contribution < -0.4 is 10.6 Å². The van der Waals surface area contributed by atoms with Crippen molar-refractivity contribution in [1.82, 2.24) is 0 Å². The molecule has 5 heteroatoms. The maximum atomic E-state index is 14.1. The average molecular weight is 274 g/mol. The lowest BCUT2D eigenvalue weighted by molar-refractivity contribution is -0.130. The van der Waals surface area contributed by atoms with Gasteiger partial charge < -0.3 is 5.73 Å². The molecule has 2 amide bonds. The second-order valence-corrected chi connectivity index (χ2v) is 4.81. The molecule has 0 radical (unpaired) electrons. The van der Waals surface area contributed by atoms with Crippen LogP contribution in [0.4, 0.5) is 10.1 Å². The fraction of sp³-hybridized carbons (Fsp3) is 0.333. The van der Waals surface area contributed by atoms with E-state index in [-0.39, 0.29) is 42.8 Å². The number of hydrogen-bond acceptors (Lipinski definition) is 3. The smallest absolute Gasteiger partial charge is 0.234 e. The fourth-order valence-corrected chi connectivity index (χ4v) is 2.18. The van der Waals surface area contributed by atoms with Crippen LogP contribution in [0.2, 0.25) is 0 Å². The Balaban J connectivity index is 2.33. The van der Waals surface area contributed by atoms with E-state index in [4.69, 9.17) is 5.73 Å². The molecule has 104 valence electrons. The van der Waals surface area contributed by atoms with Crippen LogP contribution in [0, 0.1) is 23.6 Å². The largest absolute Gasteiger partial charge is 0.320 e. The first-order chi connectivity index (χ1) is 9.52. The normalized spacial score (nSPS) is 16.1. The summed E-state index contributed by atoms with van der Waals surface area (Å²) in [6, 6.07) is 4.18. The molecule has 1 aliphatic heterocycles. The van der Waals surface area contributed by atoms with E-state index < -0.39 is 5.82 Å². The van der Waals surface area contributed by atoms with Crippen LogP contribution in [0.5, 0.6) is 0 Å². The number of hydrogen-bond donors (Lipinski definition) is 1. The van der Waals surface area contributed by atoms with Gasteiger partial charge >= 0.3 is 0 Å². The molecule has 0 aliphatic carbocycles. The van der Waals surface area contributed by atoms with Gasteiger partial charge in [0.2, 0.25) is 11.8 Å². The van der Waals surface area contributed by atoms with Crippen molar-refractivity contribution in [1.29, 1.82) is 0 Å². The predicted octanol–water partition coefficient (Wildman–Crippen LogP) is 1.43. The van der Waals surface area contributed by atoms with Gasteiger partial charge in [-0.05, 0) is 24.1 Å². The van der Waals surface area contributed by atoms with Crippen LogP contribution in [0.3, 0.4) is 0 Å². The summed E-state index contributed by atoms with van der Waals surface area (Å²) in [6.07, 6.45) is 0.500. The maximum absolute atomic E-state index is 14.1. The lowest BCUT2D eigenvalue weighted by atomic mass is 9.97. The van der Waals surface area contributed by atoms with Gasteiger partial charge in [0, 0.05) is 18.4 Å². The van der Waals surface area contributed by atoms with Gasteiger partial charge in [-0.3, -0.25) is 9.59 Å². The minimum absolute atomic E-state index is 0.00371. The van der Waals surface area contributed by atoms with E-state index in [1.54, 1.807) is 6.07 Å². The molecule has 4 nitrogen and oxygen atoms in total. The third-order valence-corrected chi connectivity index (χ3v) is 3.07. The molecule has 0 aromatic heterocycles. The van der Waals surface area contributed by atoms with Crippen LogP contribution in [0.25, 0.3) is 0 Å². The molecule has 2 rings (SSSR count). The Kier molecular flexibility index (Phi) is 4.16. The van der Waals surface area contributed by atoms with Crippen molar-refractivity contribution in [2.75, 3.05) is 11.4 Å². The lowest BCUT2D eigenvalue weighted by Crippen LogP contribution is -2.43. The highest BCUT2D eigenvalue weighted by Crippen LogP contribution is 2.27. The summed E-state index contributed by atoms with van der Waals surface area (Å²) in [6.45, 7) is 2.01. The summed E-state index contributed by atoms with van der Waals surface area (Å²) in [5, 5.41) is 0. The lowest BCUT2D eigenvalue weighted by Gasteiger charge is -2.28. The van der Waals surface area contributed by atoms with Gasteiger partial charge in [-0.2, -0.15) is 0 Å². The molecule has 1 saturated heterocycles. The van der Waals surface area contributed by atoms with Gasteiger partial charge in [0.1, 0.15) is 5.82 Å². The minimum atomic E-state index is -0.634. The molecule has 0 bridgehead atoms. The predicted molar refractivity (Wildman–Crippen MR) is 73.2 cm³/mol. The number of imide groups is 1. The molecule has 1 aromatic carbocycles. The van der Waals surface area contributed by atoms with E-state index in [9.17, 15) is 14.0 Å². The number of anilines is 1. The van der Waals surface area contributed by atoms with Crippen molar-refractivity contribution in [3.63, 3.8) is 0 Å². The van der Waals surface area contributed by atoms with Gasteiger partial charge in [0.25, 0.3) is 0 Å². The Morgan fingerprint density at radius 1 is 1.35 bits per heavy atom.